The van der Waals surface area contributed by atoms with Gasteiger partial charge in [0.05, 0.1) is 19.8 Å². The molecule has 1 aromatic carbocycles. The van der Waals surface area contributed by atoms with Crippen molar-refractivity contribution in [1.29, 1.82) is 0 Å². The topological polar surface area (TPSA) is 134 Å². The Balaban J connectivity index is 1.27. The molecular formula is C31H32Cl2F2N4O8S2. The molecule has 0 bridgehead atoms. The minimum atomic E-state index is -4.17. The fraction of sp³-hybridized carbons (Fsp3) is 0.452. The lowest BCUT2D eigenvalue weighted by atomic mass is 10.0. The lowest BCUT2D eigenvalue weighted by Gasteiger charge is -2.28. The summed E-state index contributed by atoms with van der Waals surface area (Å²) in [5.41, 5.74) is 0.587. The van der Waals surface area contributed by atoms with E-state index >= 15 is 0 Å². The minimum absolute atomic E-state index is 0.00104. The summed E-state index contributed by atoms with van der Waals surface area (Å²) < 4.78 is 77.3. The second kappa shape index (κ2) is 15.4. The fourth-order valence-electron chi connectivity index (χ4n) is 5.39. The van der Waals surface area contributed by atoms with Gasteiger partial charge in [-0.05, 0) is 48.6 Å². The van der Waals surface area contributed by atoms with Crippen LogP contribution in [0.15, 0.2) is 53.8 Å². The summed E-state index contributed by atoms with van der Waals surface area (Å²) in [5.74, 6) is 0.162. The second-order valence-electron chi connectivity index (χ2n) is 11.6. The third-order valence-corrected chi connectivity index (χ3v) is 12.0. The summed E-state index contributed by atoms with van der Waals surface area (Å²) in [4.78, 5) is 20.1. The van der Waals surface area contributed by atoms with Crippen LogP contribution in [-0.2, 0) is 30.7 Å². The molecule has 18 heteroatoms. The Morgan fingerprint density at radius 1 is 1.10 bits per heavy atom. The number of carbonyl (C=O) groups excluding carboxylic acids is 1. The van der Waals surface area contributed by atoms with Gasteiger partial charge in [0.15, 0.2) is 29.3 Å². The van der Waals surface area contributed by atoms with Crippen LogP contribution in [0.5, 0.6) is 11.5 Å². The van der Waals surface area contributed by atoms with E-state index in [4.69, 9.17) is 37.4 Å². The molecule has 3 aliphatic rings. The van der Waals surface area contributed by atoms with Gasteiger partial charge < -0.3 is 29.1 Å². The van der Waals surface area contributed by atoms with E-state index in [9.17, 15) is 27.2 Å². The van der Waals surface area contributed by atoms with Crippen LogP contribution in [0.2, 0.25) is 10.0 Å². The van der Waals surface area contributed by atoms with Crippen molar-refractivity contribution < 1.29 is 45.7 Å². The Hall–Kier alpha value is -3.15. The Labute approximate surface area is 295 Å². The number of pyridine rings is 2. The van der Waals surface area contributed by atoms with Gasteiger partial charge in [0.25, 0.3) is 0 Å². The monoisotopic (exact) mass is 760 g/mol. The van der Waals surface area contributed by atoms with Crippen molar-refractivity contribution in [1.82, 2.24) is 9.29 Å². The largest absolute Gasteiger partial charge is 0.619 e. The van der Waals surface area contributed by atoms with E-state index in [2.05, 4.69) is 9.72 Å². The van der Waals surface area contributed by atoms with Gasteiger partial charge in [-0.15, -0.1) is 11.8 Å². The van der Waals surface area contributed by atoms with Gasteiger partial charge in [-0.3, -0.25) is 0 Å². The number of rotatable bonds is 13. The average Bonchev–Trinajstić information content (AvgIpc) is 3.77. The first-order valence-electron chi connectivity index (χ1n) is 15.4. The van der Waals surface area contributed by atoms with Gasteiger partial charge in [0.1, 0.15) is 26.9 Å². The molecule has 0 unspecified atom stereocenters. The molecular weight excluding hydrogens is 729 g/mol. The van der Waals surface area contributed by atoms with Crippen LogP contribution in [0.1, 0.15) is 30.1 Å². The summed E-state index contributed by atoms with van der Waals surface area (Å²) >= 11 is 13.8. The number of alkyl halides is 2. The Kier molecular flexibility index (Phi) is 11.2. The molecule has 4 heterocycles. The van der Waals surface area contributed by atoms with Gasteiger partial charge in [0.2, 0.25) is 10.0 Å². The van der Waals surface area contributed by atoms with Crippen molar-refractivity contribution in [2.75, 3.05) is 50.1 Å². The number of hydrogen-bond acceptors (Lipinski definition) is 11. The number of sulfonamides is 1. The maximum atomic E-state index is 13.9. The van der Waals surface area contributed by atoms with Gasteiger partial charge in [-0.1, -0.05) is 29.3 Å². The first-order valence-corrected chi connectivity index (χ1v) is 18.6. The van der Waals surface area contributed by atoms with Crippen LogP contribution >= 0.6 is 35.0 Å². The summed E-state index contributed by atoms with van der Waals surface area (Å²) in [5, 5.41) is 10.7. The molecule has 2 aliphatic heterocycles. The van der Waals surface area contributed by atoms with Crippen molar-refractivity contribution in [3.8, 4) is 11.5 Å². The van der Waals surface area contributed by atoms with Crippen molar-refractivity contribution in [3.05, 3.63) is 75.3 Å². The maximum absolute atomic E-state index is 13.9. The molecule has 264 valence electrons. The van der Waals surface area contributed by atoms with E-state index in [0.29, 0.717) is 48.2 Å². The molecule has 0 spiro atoms. The number of carbonyl (C=O) groups is 1. The Morgan fingerprint density at radius 2 is 1.84 bits per heavy atom. The molecule has 0 amide bonds. The van der Waals surface area contributed by atoms with E-state index in [1.165, 1.54) is 30.5 Å². The number of nitrogens with zero attached hydrogens (tertiary/aromatic N) is 4. The second-order valence-corrected chi connectivity index (χ2v) is 15.4. The Morgan fingerprint density at radius 3 is 2.49 bits per heavy atom. The summed E-state index contributed by atoms with van der Waals surface area (Å²) in [6, 6.07) is 7.20. The molecule has 49 heavy (non-hydrogen) atoms. The number of halogens is 4. The zero-order valence-corrected chi connectivity index (χ0v) is 29.0. The maximum Gasteiger partial charge on any atom is 0.387 e. The molecule has 0 N–H and O–H groups in total. The highest BCUT2D eigenvalue weighted by molar-refractivity contribution is 8.02. The van der Waals surface area contributed by atoms with Crippen LogP contribution in [0.4, 0.5) is 14.6 Å². The molecule has 3 aromatic rings. The van der Waals surface area contributed by atoms with Gasteiger partial charge in [-0.2, -0.15) is 17.8 Å². The van der Waals surface area contributed by atoms with Gasteiger partial charge in [0, 0.05) is 43.6 Å². The normalized spacial score (nSPS) is 19.2. The highest BCUT2D eigenvalue weighted by Crippen LogP contribution is 2.39. The smallest absolute Gasteiger partial charge is 0.387 e. The lowest BCUT2D eigenvalue weighted by Crippen LogP contribution is -2.41. The number of aromatic nitrogens is 2. The van der Waals surface area contributed by atoms with E-state index in [1.54, 1.807) is 6.07 Å². The highest BCUT2D eigenvalue weighted by Gasteiger charge is 2.42. The molecule has 1 saturated carbocycles. The quantitative estimate of drug-likeness (QED) is 0.135. The minimum Gasteiger partial charge on any atom is -0.619 e. The number of ether oxygens (including phenoxy) is 4. The van der Waals surface area contributed by atoms with Crippen LogP contribution < -0.4 is 19.1 Å². The van der Waals surface area contributed by atoms with Crippen molar-refractivity contribution in [2.45, 2.75) is 42.2 Å². The number of thioether (sulfide) groups is 1. The van der Waals surface area contributed by atoms with E-state index in [-0.39, 0.29) is 57.5 Å². The zero-order chi connectivity index (χ0) is 34.7. The molecule has 2 aromatic heterocycles. The number of benzene rings is 1. The third-order valence-electron chi connectivity index (χ3n) is 8.15. The first-order chi connectivity index (χ1) is 23.5. The van der Waals surface area contributed by atoms with Crippen molar-refractivity contribution >= 4 is 56.8 Å². The van der Waals surface area contributed by atoms with Crippen LogP contribution in [0.3, 0.4) is 0 Å². The lowest BCUT2D eigenvalue weighted by molar-refractivity contribution is -0.605. The van der Waals surface area contributed by atoms with Gasteiger partial charge >= 0.3 is 12.6 Å². The summed E-state index contributed by atoms with van der Waals surface area (Å²) in [7, 11) is -4.17. The van der Waals surface area contributed by atoms with Crippen LogP contribution in [-0.4, -0.2) is 80.9 Å². The van der Waals surface area contributed by atoms with Crippen molar-refractivity contribution in [3.63, 3.8) is 0 Å². The highest BCUT2D eigenvalue weighted by atomic mass is 35.5. The first kappa shape index (κ1) is 35.7. The van der Waals surface area contributed by atoms with Crippen LogP contribution in [0.25, 0.3) is 0 Å². The summed E-state index contributed by atoms with van der Waals surface area (Å²) in [6.45, 7) is -0.445. The van der Waals surface area contributed by atoms with E-state index < -0.39 is 34.1 Å². The van der Waals surface area contributed by atoms with Crippen LogP contribution in [0, 0.1) is 11.1 Å². The van der Waals surface area contributed by atoms with E-state index in [0.717, 1.165) is 41.3 Å². The average molecular weight is 762 g/mol. The molecule has 12 nitrogen and oxygen atoms in total. The molecule has 6 rings (SSSR count). The fourth-order valence-corrected chi connectivity index (χ4v) is 8.98. The zero-order valence-electron chi connectivity index (χ0n) is 25.9. The predicted molar refractivity (Wildman–Crippen MR) is 177 cm³/mol. The number of anilines is 1. The molecule has 2 atom stereocenters. The molecule has 3 fully saturated rings. The predicted octanol–water partition coefficient (Wildman–Crippen LogP) is 4.84. The van der Waals surface area contributed by atoms with Crippen molar-refractivity contribution in [2.24, 2.45) is 5.92 Å². The SMILES string of the molecule is O=C(O[C@@H](Cc1c(Cl)c[n+]([O-])cc1Cl)c1ccc(OC(F)F)c(OCC2CC2)c1)[C@@H]1SCCN1S(=O)(=O)c1ccc(N2CCOCC2)nc1. The third kappa shape index (κ3) is 8.60. The molecule has 2 saturated heterocycles. The molecule has 1 aliphatic carbocycles. The standard InChI is InChI=1S/C31H32Cl2F2N4O8S2/c32-23-16-38(41)17-24(33)22(23)14-26(20-3-5-25(47-31(34)35)27(13-20)45-18-19-1-2-19)46-30(40)29-39(9-12-48-29)49(42,43)21-4-6-28(36-15-21)37-7-10-44-11-8-37/h3-6,13,15-17,19,26,29,31H,1-2,7-12,14,18H2/t26-,29-/m0/s1. The Bertz CT molecular complexity index is 1740. The number of hydrogen-bond donors (Lipinski definition) is 0. The van der Waals surface area contributed by atoms with E-state index in [1.807, 2.05) is 4.90 Å². The molecule has 0 radical (unpaired) electrons. The summed E-state index contributed by atoms with van der Waals surface area (Å²) in [6.07, 6.45) is 4.04. The number of esters is 1. The number of morpholine rings is 1. The van der Waals surface area contributed by atoms with Gasteiger partial charge in [-0.25, -0.2) is 18.2 Å².